The van der Waals surface area contributed by atoms with Gasteiger partial charge in [-0.15, -0.1) is 6.42 Å². The number of nitrogens with zero attached hydrogens (tertiary/aromatic N) is 4. The van der Waals surface area contributed by atoms with Gasteiger partial charge in [0.1, 0.15) is 0 Å². The molecule has 0 bridgehead atoms. The summed E-state index contributed by atoms with van der Waals surface area (Å²) in [5.41, 5.74) is 0. The molecule has 0 aromatic carbocycles. The number of anilines is 1. The maximum Gasteiger partial charge on any atom is 0.315 e. The Kier molecular flexibility index (Phi) is 7.48. The summed E-state index contributed by atoms with van der Waals surface area (Å²) in [5.74, 6) is 3.62. The van der Waals surface area contributed by atoms with Crippen LogP contribution in [0.5, 0.6) is 0 Å². The third-order valence-electron chi connectivity index (χ3n) is 4.28. The van der Waals surface area contributed by atoms with Gasteiger partial charge in [0.05, 0.1) is 6.04 Å². The van der Waals surface area contributed by atoms with Gasteiger partial charge in [0.2, 0.25) is 5.95 Å². The Bertz CT molecular complexity index is 563. The molecule has 2 heterocycles. The summed E-state index contributed by atoms with van der Waals surface area (Å²) in [6.45, 7) is 9.41. The summed E-state index contributed by atoms with van der Waals surface area (Å²) in [5, 5.41) is 5.68. The number of nitrogens with one attached hydrogen (secondary N) is 2. The largest absolute Gasteiger partial charge is 0.338 e. The summed E-state index contributed by atoms with van der Waals surface area (Å²) in [6, 6.07) is 1.41. The van der Waals surface area contributed by atoms with Gasteiger partial charge in [0, 0.05) is 45.1 Å². The average molecular weight is 344 g/mol. The Labute approximate surface area is 150 Å². The first-order valence-electron chi connectivity index (χ1n) is 8.85. The molecule has 2 N–H and O–H groups in total. The summed E-state index contributed by atoms with van der Waals surface area (Å²) in [7, 11) is 0. The summed E-state index contributed by atoms with van der Waals surface area (Å²) in [4.78, 5) is 25.0. The van der Waals surface area contributed by atoms with Gasteiger partial charge in [0.25, 0.3) is 0 Å². The highest BCUT2D eigenvalue weighted by Crippen LogP contribution is 2.09. The van der Waals surface area contributed by atoms with E-state index in [-0.39, 0.29) is 18.0 Å². The number of rotatable bonds is 7. The van der Waals surface area contributed by atoms with Crippen LogP contribution in [0.25, 0.3) is 0 Å². The van der Waals surface area contributed by atoms with Crippen molar-refractivity contribution in [2.75, 3.05) is 44.2 Å². The summed E-state index contributed by atoms with van der Waals surface area (Å²) < 4.78 is 0. The number of piperazine rings is 1. The van der Waals surface area contributed by atoms with Crippen LogP contribution >= 0.6 is 0 Å². The second-order valence-corrected chi connectivity index (χ2v) is 6.52. The lowest BCUT2D eigenvalue weighted by molar-refractivity contribution is 0.232. The lowest BCUT2D eigenvalue weighted by atomic mass is 10.1. The fourth-order valence-corrected chi connectivity index (χ4v) is 2.72. The number of hydrogen-bond acceptors (Lipinski definition) is 5. The second kappa shape index (κ2) is 9.84. The van der Waals surface area contributed by atoms with Crippen LogP contribution in [0.3, 0.4) is 0 Å². The number of carbonyl (C=O) groups excluding carboxylic acids is 1. The zero-order valence-corrected chi connectivity index (χ0v) is 15.1. The zero-order chi connectivity index (χ0) is 18.1. The Balaban J connectivity index is 1.59. The monoisotopic (exact) mass is 344 g/mol. The van der Waals surface area contributed by atoms with E-state index in [1.54, 1.807) is 12.4 Å². The lowest BCUT2D eigenvalue weighted by Gasteiger charge is -2.34. The quantitative estimate of drug-likeness (QED) is 0.569. The third-order valence-corrected chi connectivity index (χ3v) is 4.28. The molecule has 7 heteroatoms. The van der Waals surface area contributed by atoms with Gasteiger partial charge < -0.3 is 15.5 Å². The third kappa shape index (κ3) is 6.24. The molecule has 1 aliphatic heterocycles. The molecule has 0 spiro atoms. The number of terminal acetylenes is 1. The maximum absolute atomic E-state index is 11.8. The molecule has 1 fully saturated rings. The molecular weight excluding hydrogens is 316 g/mol. The van der Waals surface area contributed by atoms with E-state index in [0.717, 1.165) is 45.1 Å². The van der Waals surface area contributed by atoms with Crippen molar-refractivity contribution in [2.24, 2.45) is 5.92 Å². The van der Waals surface area contributed by atoms with E-state index >= 15 is 0 Å². The first-order chi connectivity index (χ1) is 12.1. The fourth-order valence-electron chi connectivity index (χ4n) is 2.72. The number of urea groups is 1. The number of hydrogen-bond donors (Lipinski definition) is 2. The van der Waals surface area contributed by atoms with Crippen LogP contribution in [0, 0.1) is 18.3 Å². The topological polar surface area (TPSA) is 73.4 Å². The van der Waals surface area contributed by atoms with Crippen molar-refractivity contribution in [3.63, 3.8) is 0 Å². The van der Waals surface area contributed by atoms with Gasteiger partial charge in [-0.25, -0.2) is 14.8 Å². The van der Waals surface area contributed by atoms with Crippen molar-refractivity contribution in [2.45, 2.75) is 26.3 Å². The predicted octanol–water partition coefficient (Wildman–Crippen LogP) is 0.946. The van der Waals surface area contributed by atoms with E-state index in [4.69, 9.17) is 6.42 Å². The first-order valence-corrected chi connectivity index (χ1v) is 8.85. The van der Waals surface area contributed by atoms with Crippen LogP contribution in [-0.4, -0.2) is 66.2 Å². The van der Waals surface area contributed by atoms with Crippen LogP contribution in [-0.2, 0) is 0 Å². The molecule has 1 atom stereocenters. The van der Waals surface area contributed by atoms with E-state index in [0.29, 0.717) is 6.54 Å². The van der Waals surface area contributed by atoms with Crippen LogP contribution in [0.2, 0.25) is 0 Å². The number of amides is 2. The molecule has 1 aliphatic rings. The number of aromatic nitrogens is 2. The van der Waals surface area contributed by atoms with Crippen molar-refractivity contribution in [3.05, 3.63) is 18.5 Å². The molecule has 136 valence electrons. The minimum Gasteiger partial charge on any atom is -0.338 e. The zero-order valence-electron chi connectivity index (χ0n) is 15.1. The Morgan fingerprint density at radius 3 is 2.56 bits per heavy atom. The van der Waals surface area contributed by atoms with Gasteiger partial charge in [-0.05, 0) is 24.9 Å². The highest BCUT2D eigenvalue weighted by Gasteiger charge is 2.18. The molecule has 2 amide bonds. The van der Waals surface area contributed by atoms with Crippen molar-refractivity contribution in [3.8, 4) is 12.3 Å². The van der Waals surface area contributed by atoms with E-state index in [9.17, 15) is 4.79 Å². The SMILES string of the molecule is C#C[C@@H](NC(=O)NCCCN1CCN(c2ncccn2)CC1)C(C)C. The molecule has 0 saturated carbocycles. The van der Waals surface area contributed by atoms with Gasteiger partial charge in [-0.1, -0.05) is 19.8 Å². The highest BCUT2D eigenvalue weighted by atomic mass is 16.2. The van der Waals surface area contributed by atoms with Gasteiger partial charge in [-0.2, -0.15) is 0 Å². The average Bonchev–Trinajstić information content (AvgIpc) is 2.64. The molecule has 7 nitrogen and oxygen atoms in total. The Morgan fingerprint density at radius 2 is 1.96 bits per heavy atom. The van der Waals surface area contributed by atoms with E-state index in [1.807, 2.05) is 19.9 Å². The van der Waals surface area contributed by atoms with Crippen molar-refractivity contribution in [1.29, 1.82) is 0 Å². The molecule has 0 aliphatic carbocycles. The maximum atomic E-state index is 11.8. The van der Waals surface area contributed by atoms with Gasteiger partial charge in [0.15, 0.2) is 0 Å². The predicted molar refractivity (Wildman–Crippen MR) is 99.3 cm³/mol. The van der Waals surface area contributed by atoms with Crippen LogP contribution in [0.1, 0.15) is 20.3 Å². The van der Waals surface area contributed by atoms with Crippen molar-refractivity contribution < 1.29 is 4.79 Å². The lowest BCUT2D eigenvalue weighted by Crippen LogP contribution is -2.48. The summed E-state index contributed by atoms with van der Waals surface area (Å²) >= 11 is 0. The smallest absolute Gasteiger partial charge is 0.315 e. The highest BCUT2D eigenvalue weighted by molar-refractivity contribution is 5.74. The van der Waals surface area contributed by atoms with Crippen molar-refractivity contribution in [1.82, 2.24) is 25.5 Å². The minimum absolute atomic E-state index is 0.192. The molecule has 1 aromatic heterocycles. The molecule has 0 unspecified atom stereocenters. The summed E-state index contributed by atoms with van der Waals surface area (Å²) in [6.07, 6.45) is 9.88. The van der Waals surface area contributed by atoms with E-state index in [1.165, 1.54) is 0 Å². The molecule has 0 radical (unpaired) electrons. The van der Waals surface area contributed by atoms with Gasteiger partial charge >= 0.3 is 6.03 Å². The van der Waals surface area contributed by atoms with Crippen LogP contribution in [0.4, 0.5) is 10.7 Å². The number of carbonyl (C=O) groups is 1. The van der Waals surface area contributed by atoms with Crippen LogP contribution < -0.4 is 15.5 Å². The fraction of sp³-hybridized carbons (Fsp3) is 0.611. The van der Waals surface area contributed by atoms with E-state index in [2.05, 4.69) is 36.3 Å². The minimum atomic E-state index is -0.228. The molecule has 1 saturated heterocycles. The van der Waals surface area contributed by atoms with Crippen LogP contribution in [0.15, 0.2) is 18.5 Å². The Morgan fingerprint density at radius 1 is 1.28 bits per heavy atom. The standard InChI is InChI=1S/C18H28N6O/c1-4-16(15(2)3)22-18(25)21-9-6-10-23-11-13-24(14-12-23)17-19-7-5-8-20-17/h1,5,7-8,15-16H,6,9-14H2,2-3H3,(H2,21,22,25)/t16-/m1/s1. The molecule has 25 heavy (non-hydrogen) atoms. The molecular formula is C18H28N6O. The van der Waals surface area contributed by atoms with Crippen molar-refractivity contribution >= 4 is 12.0 Å². The molecule has 1 aromatic rings. The van der Waals surface area contributed by atoms with E-state index < -0.39 is 0 Å². The Hall–Kier alpha value is -2.33. The second-order valence-electron chi connectivity index (χ2n) is 6.52. The first kappa shape index (κ1) is 19.0. The molecule has 2 rings (SSSR count). The normalized spacial score (nSPS) is 16.3. The van der Waals surface area contributed by atoms with Gasteiger partial charge in [-0.3, -0.25) is 4.90 Å².